The van der Waals surface area contributed by atoms with Crippen molar-refractivity contribution in [2.24, 2.45) is 0 Å². The molecule has 0 bridgehead atoms. The lowest BCUT2D eigenvalue weighted by Crippen LogP contribution is -2.21. The average molecular weight is 254 g/mol. The normalized spacial score (nSPS) is 19.8. The molecular weight excluding hydrogens is 232 g/mol. The van der Waals surface area contributed by atoms with Gasteiger partial charge < -0.3 is 19.3 Å². The van der Waals surface area contributed by atoms with Crippen LogP contribution in [0.3, 0.4) is 0 Å². The summed E-state index contributed by atoms with van der Waals surface area (Å²) in [6.07, 6.45) is 2.50. The van der Waals surface area contributed by atoms with Gasteiger partial charge in [0.05, 0.1) is 18.4 Å². The van der Waals surface area contributed by atoms with Crippen molar-refractivity contribution >= 4 is 0 Å². The largest absolute Gasteiger partial charge is 0.376 e. The van der Waals surface area contributed by atoms with Crippen LogP contribution in [0.5, 0.6) is 0 Å². The maximum atomic E-state index is 5.56. The standard InChI is InChI=1S/C13H22N2O3/c1-10(2)14-7-11-6-13(18-15-11)9-16-8-12-4-3-5-17-12/h6,10,12,14H,3-5,7-9H2,1-2H3. The Morgan fingerprint density at radius 3 is 3.17 bits per heavy atom. The molecule has 1 aliphatic heterocycles. The molecule has 5 nitrogen and oxygen atoms in total. The number of aromatic nitrogens is 1. The second kappa shape index (κ2) is 6.87. The van der Waals surface area contributed by atoms with Crippen LogP contribution in [-0.2, 0) is 22.6 Å². The van der Waals surface area contributed by atoms with E-state index in [-0.39, 0.29) is 6.10 Å². The van der Waals surface area contributed by atoms with Gasteiger partial charge in [0, 0.05) is 25.3 Å². The minimum Gasteiger partial charge on any atom is -0.376 e. The third-order valence-electron chi connectivity index (χ3n) is 2.87. The van der Waals surface area contributed by atoms with Crippen molar-refractivity contribution < 1.29 is 14.0 Å². The Kier molecular flexibility index (Phi) is 5.16. The minimum atomic E-state index is 0.259. The van der Waals surface area contributed by atoms with E-state index in [1.54, 1.807) is 0 Å². The van der Waals surface area contributed by atoms with Gasteiger partial charge in [-0.15, -0.1) is 0 Å². The summed E-state index contributed by atoms with van der Waals surface area (Å²) in [5, 5.41) is 7.28. The van der Waals surface area contributed by atoms with Crippen molar-refractivity contribution in [1.29, 1.82) is 0 Å². The Hall–Kier alpha value is -0.910. The van der Waals surface area contributed by atoms with Crippen molar-refractivity contribution in [3.05, 3.63) is 17.5 Å². The van der Waals surface area contributed by atoms with Gasteiger partial charge in [0.15, 0.2) is 5.76 Å². The summed E-state index contributed by atoms with van der Waals surface area (Å²) < 4.78 is 16.2. The lowest BCUT2D eigenvalue weighted by Gasteiger charge is -2.08. The summed E-state index contributed by atoms with van der Waals surface area (Å²) in [6, 6.07) is 2.38. The van der Waals surface area contributed by atoms with Crippen LogP contribution >= 0.6 is 0 Å². The first kappa shape index (κ1) is 13.5. The quantitative estimate of drug-likeness (QED) is 0.805. The van der Waals surface area contributed by atoms with Crippen molar-refractivity contribution in [2.45, 2.75) is 52.0 Å². The summed E-state index contributed by atoms with van der Waals surface area (Å²) in [5.74, 6) is 0.772. The van der Waals surface area contributed by atoms with Gasteiger partial charge in [-0.25, -0.2) is 0 Å². The topological polar surface area (TPSA) is 56.5 Å². The van der Waals surface area contributed by atoms with Crippen LogP contribution in [0.2, 0.25) is 0 Å². The molecule has 5 heteroatoms. The number of nitrogens with one attached hydrogen (secondary N) is 1. The highest BCUT2D eigenvalue weighted by Gasteiger charge is 2.15. The Balaban J connectivity index is 1.66. The molecular formula is C13H22N2O3. The summed E-state index contributed by atoms with van der Waals surface area (Å²) >= 11 is 0. The van der Waals surface area contributed by atoms with Gasteiger partial charge in [-0.05, 0) is 12.8 Å². The van der Waals surface area contributed by atoms with E-state index in [1.807, 2.05) is 6.07 Å². The molecule has 1 aromatic rings. The summed E-state index contributed by atoms with van der Waals surface area (Å²) in [4.78, 5) is 0. The third-order valence-corrected chi connectivity index (χ3v) is 2.87. The van der Waals surface area contributed by atoms with E-state index >= 15 is 0 Å². The van der Waals surface area contributed by atoms with Crippen LogP contribution in [0, 0.1) is 0 Å². The molecule has 2 rings (SSSR count). The molecule has 102 valence electrons. The highest BCUT2D eigenvalue weighted by atomic mass is 16.5. The van der Waals surface area contributed by atoms with E-state index < -0.39 is 0 Å². The summed E-state index contributed by atoms with van der Waals surface area (Å²) in [6.45, 7) is 6.90. The average Bonchev–Trinajstić information content (AvgIpc) is 2.97. The number of ether oxygens (including phenoxy) is 2. The van der Waals surface area contributed by atoms with Gasteiger partial charge in [0.2, 0.25) is 0 Å². The molecule has 1 fully saturated rings. The van der Waals surface area contributed by atoms with Gasteiger partial charge in [-0.3, -0.25) is 0 Å². The maximum absolute atomic E-state index is 5.56. The zero-order valence-corrected chi connectivity index (χ0v) is 11.1. The van der Waals surface area contributed by atoms with E-state index in [1.165, 1.54) is 0 Å². The number of hydrogen-bond acceptors (Lipinski definition) is 5. The SMILES string of the molecule is CC(C)NCc1cc(COCC2CCCO2)on1. The van der Waals surface area contributed by atoms with E-state index in [4.69, 9.17) is 14.0 Å². The first-order valence-corrected chi connectivity index (χ1v) is 6.61. The molecule has 1 aliphatic rings. The van der Waals surface area contributed by atoms with Crippen LogP contribution in [-0.4, -0.2) is 30.5 Å². The fourth-order valence-corrected chi connectivity index (χ4v) is 1.88. The van der Waals surface area contributed by atoms with Gasteiger partial charge in [0.1, 0.15) is 6.61 Å². The first-order chi connectivity index (χ1) is 8.74. The fraction of sp³-hybridized carbons (Fsp3) is 0.769. The van der Waals surface area contributed by atoms with E-state index in [2.05, 4.69) is 24.3 Å². The predicted octanol–water partition coefficient (Wildman–Crippen LogP) is 1.87. The molecule has 1 unspecified atom stereocenters. The zero-order chi connectivity index (χ0) is 12.8. The second-order valence-electron chi connectivity index (χ2n) is 4.97. The number of rotatable bonds is 7. The Labute approximate surface area is 108 Å². The van der Waals surface area contributed by atoms with Crippen molar-refractivity contribution in [2.75, 3.05) is 13.2 Å². The zero-order valence-electron chi connectivity index (χ0n) is 11.1. The highest BCUT2D eigenvalue weighted by molar-refractivity contribution is 5.04. The molecule has 0 saturated carbocycles. The molecule has 1 atom stereocenters. The Morgan fingerprint density at radius 2 is 2.44 bits per heavy atom. The van der Waals surface area contributed by atoms with Gasteiger partial charge in [-0.1, -0.05) is 19.0 Å². The molecule has 0 aromatic carbocycles. The Morgan fingerprint density at radius 1 is 1.56 bits per heavy atom. The smallest absolute Gasteiger partial charge is 0.162 e. The van der Waals surface area contributed by atoms with Crippen molar-refractivity contribution in [3.8, 4) is 0 Å². The number of nitrogens with zero attached hydrogens (tertiary/aromatic N) is 1. The molecule has 2 heterocycles. The van der Waals surface area contributed by atoms with Crippen LogP contribution < -0.4 is 5.32 Å². The molecule has 0 radical (unpaired) electrons. The molecule has 18 heavy (non-hydrogen) atoms. The van der Waals surface area contributed by atoms with Gasteiger partial charge >= 0.3 is 0 Å². The van der Waals surface area contributed by atoms with Gasteiger partial charge in [-0.2, -0.15) is 0 Å². The molecule has 1 N–H and O–H groups in total. The fourth-order valence-electron chi connectivity index (χ4n) is 1.88. The summed E-state index contributed by atoms with van der Waals surface area (Å²) in [7, 11) is 0. The van der Waals surface area contributed by atoms with Gasteiger partial charge in [0.25, 0.3) is 0 Å². The highest BCUT2D eigenvalue weighted by Crippen LogP contribution is 2.13. The molecule has 0 spiro atoms. The Bertz CT molecular complexity index is 346. The van der Waals surface area contributed by atoms with E-state index in [0.717, 1.165) is 37.4 Å². The van der Waals surface area contributed by atoms with E-state index in [0.29, 0.717) is 19.3 Å². The van der Waals surface area contributed by atoms with E-state index in [9.17, 15) is 0 Å². The third kappa shape index (κ3) is 4.40. The van der Waals surface area contributed by atoms with Crippen molar-refractivity contribution in [3.63, 3.8) is 0 Å². The predicted molar refractivity (Wildman–Crippen MR) is 67.1 cm³/mol. The van der Waals surface area contributed by atoms with Crippen LogP contribution in [0.4, 0.5) is 0 Å². The first-order valence-electron chi connectivity index (χ1n) is 6.61. The molecule has 0 amide bonds. The molecule has 1 saturated heterocycles. The summed E-state index contributed by atoms with van der Waals surface area (Å²) in [5.41, 5.74) is 0.916. The molecule has 0 aliphatic carbocycles. The van der Waals surface area contributed by atoms with Crippen molar-refractivity contribution in [1.82, 2.24) is 10.5 Å². The van der Waals surface area contributed by atoms with Crippen LogP contribution in [0.25, 0.3) is 0 Å². The maximum Gasteiger partial charge on any atom is 0.162 e. The lowest BCUT2D eigenvalue weighted by molar-refractivity contribution is 0.00453. The molecule has 1 aromatic heterocycles. The second-order valence-corrected chi connectivity index (χ2v) is 4.97. The van der Waals surface area contributed by atoms with Crippen LogP contribution in [0.1, 0.15) is 38.1 Å². The minimum absolute atomic E-state index is 0.259. The monoisotopic (exact) mass is 254 g/mol. The lowest BCUT2D eigenvalue weighted by atomic mass is 10.2. The van der Waals surface area contributed by atoms with Crippen LogP contribution in [0.15, 0.2) is 10.6 Å². The number of hydrogen-bond donors (Lipinski definition) is 1.